The highest BCUT2D eigenvalue weighted by Gasteiger charge is 2.70. The van der Waals surface area contributed by atoms with Crippen molar-refractivity contribution in [3.8, 4) is 17.2 Å². The van der Waals surface area contributed by atoms with Gasteiger partial charge >= 0.3 is 6.18 Å². The van der Waals surface area contributed by atoms with E-state index in [-0.39, 0.29) is 23.7 Å². The number of aryl methyl sites for hydroxylation is 1. The van der Waals surface area contributed by atoms with Gasteiger partial charge in [-0.2, -0.15) is 18.4 Å². The molecular weight excluding hydrogens is 535 g/mol. The monoisotopic (exact) mass is 561 g/mol. The molecule has 3 aliphatic rings. The number of aromatic nitrogens is 2. The molecule has 1 aromatic heterocycles. The first-order valence-electron chi connectivity index (χ1n) is 12.5. The average Bonchev–Trinajstić information content (AvgIpc) is 3.80. The van der Waals surface area contributed by atoms with Gasteiger partial charge in [-0.05, 0) is 56.2 Å². The van der Waals surface area contributed by atoms with Crippen LogP contribution in [0.4, 0.5) is 19.1 Å². The zero-order valence-electron chi connectivity index (χ0n) is 21.0. The molecule has 2 N–H and O–H groups in total. The van der Waals surface area contributed by atoms with Crippen LogP contribution in [0.2, 0.25) is 0 Å². The minimum atomic E-state index is -4.81. The summed E-state index contributed by atoms with van der Waals surface area (Å²) in [6.07, 6.45) is -2.21. The van der Waals surface area contributed by atoms with Crippen LogP contribution in [-0.2, 0) is 19.4 Å². The first-order chi connectivity index (χ1) is 18.2. The summed E-state index contributed by atoms with van der Waals surface area (Å²) in [5.41, 5.74) is 3.66. The molecule has 1 aliphatic heterocycles. The molecular formula is C26H26F3N5O4S. The third kappa shape index (κ3) is 4.64. The zero-order valence-corrected chi connectivity index (χ0v) is 21.8. The number of likely N-dealkylation sites (tertiary alicyclic amines) is 1. The summed E-state index contributed by atoms with van der Waals surface area (Å²) < 4.78 is 68.9. The minimum Gasteiger partial charge on any atom is -0.368 e. The lowest BCUT2D eigenvalue weighted by atomic mass is 9.95. The first-order valence-corrected chi connectivity index (χ1v) is 14.0. The molecule has 206 valence electrons. The number of nitrogens with zero attached hydrogens (tertiary/aromatic N) is 4. The van der Waals surface area contributed by atoms with Crippen LogP contribution in [0.3, 0.4) is 0 Å². The minimum absolute atomic E-state index is 0.0410. The highest BCUT2D eigenvalue weighted by Crippen LogP contribution is 2.59. The van der Waals surface area contributed by atoms with Crippen molar-refractivity contribution in [1.29, 1.82) is 5.26 Å². The van der Waals surface area contributed by atoms with Gasteiger partial charge in [0.2, 0.25) is 11.9 Å². The Balaban J connectivity index is 1.45. The summed E-state index contributed by atoms with van der Waals surface area (Å²) in [6, 6.07) is 5.31. The number of rotatable bonds is 7. The van der Waals surface area contributed by atoms with Crippen molar-refractivity contribution < 1.29 is 31.2 Å². The number of nitrogens with two attached hydrogens (primary N) is 1. The van der Waals surface area contributed by atoms with Crippen molar-refractivity contribution >= 4 is 27.5 Å². The Morgan fingerprint density at radius 3 is 2.31 bits per heavy atom. The molecule has 5 rings (SSSR count). The Kier molecular flexibility index (Phi) is 6.25. The van der Waals surface area contributed by atoms with Gasteiger partial charge in [-0.1, -0.05) is 12.1 Å². The Morgan fingerprint density at radius 1 is 1.15 bits per heavy atom. The van der Waals surface area contributed by atoms with Crippen molar-refractivity contribution in [2.75, 3.05) is 12.3 Å². The van der Waals surface area contributed by atoms with Crippen molar-refractivity contribution in [3.05, 3.63) is 36.2 Å². The van der Waals surface area contributed by atoms with E-state index >= 15 is 0 Å². The van der Waals surface area contributed by atoms with Crippen LogP contribution in [0.25, 0.3) is 11.1 Å². The van der Waals surface area contributed by atoms with E-state index in [9.17, 15) is 36.4 Å². The second-order valence-corrected chi connectivity index (χ2v) is 13.0. The number of amides is 1. The smallest absolute Gasteiger partial charge is 0.368 e. The maximum Gasteiger partial charge on any atom is 0.403 e. The predicted octanol–water partition coefficient (Wildman–Crippen LogP) is 3.38. The second-order valence-electron chi connectivity index (χ2n) is 10.8. The number of ketones is 1. The fourth-order valence-electron chi connectivity index (χ4n) is 5.32. The number of anilines is 1. The van der Waals surface area contributed by atoms with Crippen LogP contribution in [0.5, 0.6) is 0 Å². The van der Waals surface area contributed by atoms with Gasteiger partial charge in [0.05, 0.1) is 27.7 Å². The van der Waals surface area contributed by atoms with E-state index in [1.54, 1.807) is 19.1 Å². The molecule has 0 bridgehead atoms. The van der Waals surface area contributed by atoms with Gasteiger partial charge in [-0.3, -0.25) is 9.59 Å². The lowest BCUT2D eigenvalue weighted by molar-refractivity contribution is -0.199. The lowest BCUT2D eigenvalue weighted by Crippen LogP contribution is -2.49. The molecule has 2 atom stereocenters. The van der Waals surface area contributed by atoms with Crippen molar-refractivity contribution in [1.82, 2.24) is 14.9 Å². The number of halogens is 3. The van der Waals surface area contributed by atoms with Gasteiger partial charge < -0.3 is 10.6 Å². The molecule has 2 aromatic rings. The van der Waals surface area contributed by atoms with Crippen LogP contribution in [0.15, 0.2) is 35.5 Å². The molecule has 0 unspecified atom stereocenters. The molecule has 2 saturated carbocycles. The molecule has 1 amide bonds. The molecule has 9 nitrogen and oxygen atoms in total. The van der Waals surface area contributed by atoms with E-state index in [0.29, 0.717) is 29.5 Å². The average molecular weight is 562 g/mol. The van der Waals surface area contributed by atoms with Crippen molar-refractivity contribution in [3.63, 3.8) is 0 Å². The topological polar surface area (TPSA) is 147 Å². The zero-order chi connectivity index (χ0) is 28.4. The number of nitriles is 1. The van der Waals surface area contributed by atoms with Gasteiger partial charge in [-0.25, -0.2) is 18.4 Å². The molecule has 2 heterocycles. The SMILES string of the molecule is Cc1cc(-c2cnc(N)nc2)ccc1S(=O)(=O)[C@@H]1C[C@@H](C(=O)CC2(C#N)CC2)N(C(=O)C2(C(F)(F)F)CC2)C1. The highest BCUT2D eigenvalue weighted by molar-refractivity contribution is 7.92. The van der Waals surface area contributed by atoms with Gasteiger partial charge in [0.25, 0.3) is 0 Å². The maximum atomic E-state index is 13.8. The quantitative estimate of drug-likeness (QED) is 0.541. The molecule has 1 aromatic carbocycles. The molecule has 13 heteroatoms. The number of carbonyl (C=O) groups excluding carboxylic acids is 2. The summed E-state index contributed by atoms with van der Waals surface area (Å²) in [5, 5.41) is 8.13. The fraction of sp³-hybridized carbons (Fsp3) is 0.500. The predicted molar refractivity (Wildman–Crippen MR) is 132 cm³/mol. The van der Waals surface area contributed by atoms with Crippen molar-refractivity contribution in [2.24, 2.45) is 10.8 Å². The number of Topliss-reactive ketones (excluding diaryl/α,β-unsaturated/α-hetero) is 1. The standard InChI is InChI=1S/C26H26F3N5O4S/c1-15-8-16(17-11-32-23(31)33-12-17)2-3-21(15)39(37,38)18-9-19(20(35)10-24(14-30)4-5-24)34(13-18)22(36)25(6-7-25)26(27,28)29/h2-3,8,11-12,18-19H,4-7,9-10,13H2,1H3,(H2,31,32,33)/t18-,19+/m1/s1. The van der Waals surface area contributed by atoms with Gasteiger partial charge in [0, 0.05) is 30.9 Å². The third-order valence-electron chi connectivity index (χ3n) is 8.13. The summed E-state index contributed by atoms with van der Waals surface area (Å²) >= 11 is 0. The van der Waals surface area contributed by atoms with Gasteiger partial charge in [-0.15, -0.1) is 0 Å². The van der Waals surface area contributed by atoms with Crippen molar-refractivity contribution in [2.45, 2.75) is 67.8 Å². The second kappa shape index (κ2) is 9.01. The summed E-state index contributed by atoms with van der Waals surface area (Å²) in [7, 11) is -4.15. The van der Waals surface area contributed by atoms with E-state index in [1.807, 2.05) is 0 Å². The van der Waals surface area contributed by atoms with Crippen LogP contribution in [0.1, 0.15) is 44.1 Å². The highest BCUT2D eigenvalue weighted by atomic mass is 32.2. The lowest BCUT2D eigenvalue weighted by Gasteiger charge is -2.29. The molecule has 1 saturated heterocycles. The molecule has 2 aliphatic carbocycles. The van der Waals surface area contributed by atoms with Crippen LogP contribution >= 0.6 is 0 Å². The van der Waals surface area contributed by atoms with Crippen LogP contribution in [0, 0.1) is 29.1 Å². The van der Waals surface area contributed by atoms with E-state index < -0.39 is 69.2 Å². The largest absolute Gasteiger partial charge is 0.403 e. The van der Waals surface area contributed by atoms with Crippen LogP contribution < -0.4 is 5.73 Å². The molecule has 0 radical (unpaired) electrons. The van der Waals surface area contributed by atoms with Crippen LogP contribution in [-0.4, -0.2) is 59.0 Å². The Labute approximate surface area is 223 Å². The molecule has 3 fully saturated rings. The third-order valence-corrected chi connectivity index (χ3v) is 10.4. The van der Waals surface area contributed by atoms with E-state index in [4.69, 9.17) is 5.73 Å². The van der Waals surface area contributed by atoms with Gasteiger partial charge in [0.1, 0.15) is 5.41 Å². The van der Waals surface area contributed by atoms with E-state index in [2.05, 4.69) is 16.0 Å². The summed E-state index contributed by atoms with van der Waals surface area (Å²) in [5.74, 6) is -1.75. The first kappa shape index (κ1) is 27.1. The Hall–Kier alpha value is -3.53. The number of sulfone groups is 1. The van der Waals surface area contributed by atoms with E-state index in [1.165, 1.54) is 18.5 Å². The summed E-state index contributed by atoms with van der Waals surface area (Å²) in [6.45, 7) is 1.06. The fourth-order valence-corrected chi connectivity index (χ4v) is 7.23. The van der Waals surface area contributed by atoms with E-state index in [0.717, 1.165) is 4.90 Å². The number of alkyl halides is 3. The Morgan fingerprint density at radius 2 is 1.79 bits per heavy atom. The molecule has 39 heavy (non-hydrogen) atoms. The number of benzene rings is 1. The Bertz CT molecular complexity index is 1490. The summed E-state index contributed by atoms with van der Waals surface area (Å²) in [4.78, 5) is 35.1. The normalized spacial score (nSPS) is 23.2. The molecule has 0 spiro atoms. The number of nitrogen functional groups attached to an aromatic ring is 1. The number of hydrogen-bond acceptors (Lipinski definition) is 8. The van der Waals surface area contributed by atoms with Gasteiger partial charge in [0.15, 0.2) is 15.6 Å². The maximum absolute atomic E-state index is 13.8. The number of hydrogen-bond donors (Lipinski definition) is 1. The number of carbonyl (C=O) groups is 2.